The summed E-state index contributed by atoms with van der Waals surface area (Å²) in [7, 11) is 2.12. The summed E-state index contributed by atoms with van der Waals surface area (Å²) in [5.41, 5.74) is -2.18. The lowest BCUT2D eigenvalue weighted by Crippen LogP contribution is -2.10. The van der Waals surface area contributed by atoms with Crippen LogP contribution < -0.4 is 0 Å². The minimum absolute atomic E-state index is 0.251. The predicted molar refractivity (Wildman–Crippen MR) is 92.3 cm³/mol. The Balaban J connectivity index is 2.65. The Morgan fingerprint density at radius 1 is 0.679 bits per heavy atom. The molecule has 0 radical (unpaired) electrons. The number of ketones is 1. The highest BCUT2D eigenvalue weighted by Crippen LogP contribution is 2.24. The van der Waals surface area contributed by atoms with E-state index in [0.717, 1.165) is 50.6 Å². The molecular weight excluding hydrogens is 376 g/mol. The van der Waals surface area contributed by atoms with Crippen LogP contribution in [-0.2, 0) is 9.47 Å². The van der Waals surface area contributed by atoms with Crippen molar-refractivity contribution in [3.05, 3.63) is 78.9 Å². The topological polar surface area (TPSA) is 156 Å². The lowest BCUT2D eigenvalue weighted by molar-refractivity contribution is -0.385. The molecule has 0 saturated heterocycles. The predicted octanol–water partition coefficient (Wildman–Crippen LogP) is 2.31. The smallest absolute Gasteiger partial charge is 0.338 e. The summed E-state index contributed by atoms with van der Waals surface area (Å²) in [6.45, 7) is 0. The fourth-order valence-corrected chi connectivity index (χ4v) is 2.33. The average molecular weight is 388 g/mol. The van der Waals surface area contributed by atoms with Gasteiger partial charge < -0.3 is 9.47 Å². The third-order valence-electron chi connectivity index (χ3n) is 3.62. The third-order valence-corrected chi connectivity index (χ3v) is 3.62. The van der Waals surface area contributed by atoms with Crippen LogP contribution in [0.15, 0.2) is 36.4 Å². The van der Waals surface area contributed by atoms with Crippen LogP contribution in [-0.4, -0.2) is 41.8 Å². The van der Waals surface area contributed by atoms with Gasteiger partial charge in [0.1, 0.15) is 0 Å². The van der Waals surface area contributed by atoms with E-state index in [1.165, 1.54) is 0 Å². The van der Waals surface area contributed by atoms with Gasteiger partial charge in [0.25, 0.3) is 11.4 Å². The SMILES string of the molecule is COC(=O)c1cc(C(=O)c2cc(C(=O)OC)cc([N+](=O)[O-])c2)cc([N+](=O)[O-])c1. The summed E-state index contributed by atoms with van der Waals surface area (Å²) in [6.07, 6.45) is 0. The first-order chi connectivity index (χ1) is 13.2. The molecule has 11 heteroatoms. The Bertz CT molecular complexity index is 934. The second-order valence-electron chi connectivity index (χ2n) is 5.36. The van der Waals surface area contributed by atoms with Crippen LogP contribution in [0.1, 0.15) is 36.6 Å². The normalized spacial score (nSPS) is 10.1. The number of rotatable bonds is 6. The minimum Gasteiger partial charge on any atom is -0.465 e. The zero-order valence-electron chi connectivity index (χ0n) is 14.5. The zero-order valence-corrected chi connectivity index (χ0v) is 14.5. The summed E-state index contributed by atoms with van der Waals surface area (Å²) in [6, 6.07) is 5.78. The van der Waals surface area contributed by atoms with Crippen molar-refractivity contribution < 1.29 is 33.7 Å². The van der Waals surface area contributed by atoms with E-state index in [1.807, 2.05) is 0 Å². The van der Waals surface area contributed by atoms with Crippen molar-refractivity contribution in [2.24, 2.45) is 0 Å². The number of hydrogen-bond acceptors (Lipinski definition) is 9. The maximum Gasteiger partial charge on any atom is 0.338 e. The summed E-state index contributed by atoms with van der Waals surface area (Å²) in [5, 5.41) is 22.2. The molecule has 0 saturated carbocycles. The molecule has 0 unspecified atom stereocenters. The summed E-state index contributed by atoms with van der Waals surface area (Å²) >= 11 is 0. The molecule has 11 nitrogen and oxygen atoms in total. The third kappa shape index (κ3) is 4.15. The number of esters is 2. The zero-order chi connectivity index (χ0) is 21.0. The van der Waals surface area contributed by atoms with Crippen LogP contribution in [0.4, 0.5) is 11.4 Å². The van der Waals surface area contributed by atoms with Crippen molar-refractivity contribution in [2.75, 3.05) is 14.2 Å². The Kier molecular flexibility index (Phi) is 5.79. The van der Waals surface area contributed by atoms with E-state index in [0.29, 0.717) is 0 Å². The second kappa shape index (κ2) is 8.03. The van der Waals surface area contributed by atoms with E-state index < -0.39 is 38.9 Å². The van der Waals surface area contributed by atoms with Crippen molar-refractivity contribution in [1.29, 1.82) is 0 Å². The molecule has 28 heavy (non-hydrogen) atoms. The first kappa shape index (κ1) is 20.2. The maximum absolute atomic E-state index is 12.8. The highest BCUT2D eigenvalue weighted by Gasteiger charge is 2.23. The van der Waals surface area contributed by atoms with Crippen LogP contribution in [0.2, 0.25) is 0 Å². The van der Waals surface area contributed by atoms with E-state index >= 15 is 0 Å². The van der Waals surface area contributed by atoms with Crippen molar-refractivity contribution in [3.63, 3.8) is 0 Å². The Labute approximate surface area is 156 Å². The van der Waals surface area contributed by atoms with E-state index in [2.05, 4.69) is 9.47 Å². The van der Waals surface area contributed by atoms with Crippen molar-refractivity contribution >= 4 is 29.1 Å². The Morgan fingerprint density at radius 2 is 1.00 bits per heavy atom. The number of nitro groups is 2. The maximum atomic E-state index is 12.8. The molecule has 2 rings (SSSR count). The van der Waals surface area contributed by atoms with E-state index in [9.17, 15) is 34.6 Å². The molecule has 0 aliphatic heterocycles. The second-order valence-corrected chi connectivity index (χ2v) is 5.36. The molecule has 0 atom stereocenters. The number of non-ortho nitro benzene ring substituents is 2. The van der Waals surface area contributed by atoms with Crippen LogP contribution in [0, 0.1) is 20.2 Å². The fourth-order valence-electron chi connectivity index (χ4n) is 2.33. The number of benzene rings is 2. The van der Waals surface area contributed by atoms with Crippen molar-refractivity contribution in [1.82, 2.24) is 0 Å². The quantitative estimate of drug-likeness (QED) is 0.313. The lowest BCUT2D eigenvalue weighted by atomic mass is 9.98. The van der Waals surface area contributed by atoms with Gasteiger partial charge in [-0.05, 0) is 12.1 Å². The molecule has 0 N–H and O–H groups in total. The van der Waals surface area contributed by atoms with Crippen LogP contribution in [0.5, 0.6) is 0 Å². The molecular formula is C17H12N2O9. The number of nitrogens with zero attached hydrogens (tertiary/aromatic N) is 2. The number of methoxy groups -OCH3 is 2. The molecule has 0 heterocycles. The van der Waals surface area contributed by atoms with E-state index in [4.69, 9.17) is 0 Å². The van der Waals surface area contributed by atoms with Crippen molar-refractivity contribution in [3.8, 4) is 0 Å². The van der Waals surface area contributed by atoms with E-state index in [-0.39, 0.29) is 22.3 Å². The summed E-state index contributed by atoms with van der Waals surface area (Å²) in [4.78, 5) is 56.8. The molecule has 144 valence electrons. The Morgan fingerprint density at radius 3 is 1.29 bits per heavy atom. The van der Waals surface area contributed by atoms with Crippen LogP contribution in [0.25, 0.3) is 0 Å². The monoisotopic (exact) mass is 388 g/mol. The molecule has 0 bridgehead atoms. The molecule has 0 aliphatic carbocycles. The molecule has 2 aromatic rings. The molecule has 0 fully saturated rings. The summed E-state index contributed by atoms with van der Waals surface area (Å²) < 4.78 is 9.01. The highest BCUT2D eigenvalue weighted by molar-refractivity contribution is 6.11. The van der Waals surface area contributed by atoms with Gasteiger partial charge in [0.05, 0.1) is 35.2 Å². The Hall–Kier alpha value is -4.15. The lowest BCUT2D eigenvalue weighted by Gasteiger charge is -2.07. The van der Waals surface area contributed by atoms with Crippen LogP contribution in [0.3, 0.4) is 0 Å². The number of carbonyl (C=O) groups excluding carboxylic acids is 3. The fraction of sp³-hybridized carbons (Fsp3) is 0.118. The number of carbonyl (C=O) groups is 3. The van der Waals surface area contributed by atoms with Crippen LogP contribution >= 0.6 is 0 Å². The molecule has 0 aromatic heterocycles. The summed E-state index contributed by atoms with van der Waals surface area (Å²) in [5.74, 6) is -2.69. The molecule has 2 aromatic carbocycles. The first-order valence-electron chi connectivity index (χ1n) is 7.48. The van der Waals surface area contributed by atoms with E-state index in [1.54, 1.807) is 0 Å². The van der Waals surface area contributed by atoms with Gasteiger partial charge in [-0.2, -0.15) is 0 Å². The number of hydrogen-bond donors (Lipinski definition) is 0. The van der Waals surface area contributed by atoms with Gasteiger partial charge in [0.15, 0.2) is 5.78 Å². The van der Waals surface area contributed by atoms with Gasteiger partial charge >= 0.3 is 11.9 Å². The first-order valence-corrected chi connectivity index (χ1v) is 7.48. The van der Waals surface area contributed by atoms with Gasteiger partial charge in [-0.15, -0.1) is 0 Å². The highest BCUT2D eigenvalue weighted by atomic mass is 16.6. The molecule has 0 aliphatic rings. The van der Waals surface area contributed by atoms with Gasteiger partial charge in [0, 0.05) is 35.4 Å². The van der Waals surface area contributed by atoms with Gasteiger partial charge in [0.2, 0.25) is 0 Å². The molecule has 0 amide bonds. The van der Waals surface area contributed by atoms with Gasteiger partial charge in [-0.25, -0.2) is 9.59 Å². The average Bonchev–Trinajstić information content (AvgIpc) is 2.70. The number of ether oxygens (including phenoxy) is 2. The van der Waals surface area contributed by atoms with Gasteiger partial charge in [-0.3, -0.25) is 25.0 Å². The van der Waals surface area contributed by atoms with Gasteiger partial charge in [-0.1, -0.05) is 0 Å². The largest absolute Gasteiger partial charge is 0.465 e. The molecule has 0 spiro atoms. The number of nitro benzene ring substituents is 2. The van der Waals surface area contributed by atoms with Crippen molar-refractivity contribution in [2.45, 2.75) is 0 Å². The standard InChI is InChI=1S/C17H12N2O9/c1-27-16(21)11-3-9(5-13(7-11)18(23)24)15(20)10-4-12(17(22)28-2)8-14(6-10)19(25)26/h3-8H,1-2H3. The minimum atomic E-state index is -0.910.